The number of carboxylic acids is 2. The van der Waals surface area contributed by atoms with Crippen LogP contribution in [0.5, 0.6) is 0 Å². The van der Waals surface area contributed by atoms with E-state index in [4.69, 9.17) is 21.8 Å². The minimum Gasteiger partial charge on any atom is -0.480 e. The van der Waals surface area contributed by atoms with Gasteiger partial charge in [0.25, 0.3) is 0 Å². The molecule has 0 aliphatic heterocycles. The van der Waals surface area contributed by atoms with Gasteiger partial charge >= 0.3 is 11.9 Å². The van der Waals surface area contributed by atoms with Gasteiger partial charge in [0.2, 0.25) is 0 Å². The van der Waals surface area contributed by atoms with E-state index in [1.54, 1.807) is 24.3 Å². The molecule has 1 aromatic carbocycles. The molecular formula is C11H11ClN2O4. The number of aliphatic carboxylic acids is 2. The molecule has 0 spiro atoms. The molecular weight excluding hydrogens is 260 g/mol. The maximum Gasteiger partial charge on any atom is 0.324 e. The number of carboxylic acid groups (broad SMARTS) is 2. The Kier molecular flexibility index (Phi) is 5.13. The lowest BCUT2D eigenvalue weighted by molar-refractivity contribution is -0.141. The topological polar surface area (TPSA) is 90.2 Å². The van der Waals surface area contributed by atoms with Crippen molar-refractivity contribution < 1.29 is 19.8 Å². The van der Waals surface area contributed by atoms with Crippen LogP contribution in [-0.2, 0) is 9.59 Å². The van der Waals surface area contributed by atoms with Crippen molar-refractivity contribution in [3.63, 3.8) is 0 Å². The molecule has 0 saturated carbocycles. The lowest BCUT2D eigenvalue weighted by atomic mass is 10.2. The Morgan fingerprint density at radius 2 is 1.89 bits per heavy atom. The molecule has 18 heavy (non-hydrogen) atoms. The van der Waals surface area contributed by atoms with Gasteiger partial charge in [0.15, 0.2) is 0 Å². The van der Waals surface area contributed by atoms with Crippen molar-refractivity contribution in [3.05, 3.63) is 34.9 Å². The van der Waals surface area contributed by atoms with Crippen LogP contribution >= 0.6 is 11.6 Å². The van der Waals surface area contributed by atoms with Crippen LogP contribution in [0.3, 0.4) is 0 Å². The molecule has 2 N–H and O–H groups in total. The summed E-state index contributed by atoms with van der Waals surface area (Å²) in [6.45, 7) is -0.966. The van der Waals surface area contributed by atoms with Crippen LogP contribution in [0.4, 0.5) is 0 Å². The minimum absolute atomic E-state index is 0.483. The highest BCUT2D eigenvalue weighted by Crippen LogP contribution is 2.09. The Morgan fingerprint density at radius 3 is 2.39 bits per heavy atom. The predicted molar refractivity (Wildman–Crippen MR) is 65.9 cm³/mol. The number of rotatable bonds is 6. The standard InChI is InChI=1S/C11H11ClN2O4/c12-9-3-1-2-8(4-9)5-13-14(6-10(15)16)7-11(17)18/h1-5H,6-7H2,(H,15,16)(H,17,18)/b13-5-. The fourth-order valence-corrected chi connectivity index (χ4v) is 1.38. The summed E-state index contributed by atoms with van der Waals surface area (Å²) in [7, 11) is 0. The monoisotopic (exact) mass is 270 g/mol. The van der Waals surface area contributed by atoms with Crippen LogP contribution in [0.1, 0.15) is 5.56 Å². The summed E-state index contributed by atoms with van der Waals surface area (Å²) in [6.07, 6.45) is 1.36. The molecule has 0 fully saturated rings. The first kappa shape index (κ1) is 14.0. The molecule has 6 nitrogen and oxygen atoms in total. The molecule has 0 radical (unpaired) electrons. The lowest BCUT2D eigenvalue weighted by Crippen LogP contribution is -2.30. The molecule has 0 saturated heterocycles. The second kappa shape index (κ2) is 6.61. The molecule has 0 bridgehead atoms. The lowest BCUT2D eigenvalue weighted by Gasteiger charge is -2.13. The summed E-state index contributed by atoms with van der Waals surface area (Å²) in [4.78, 5) is 21.1. The number of hydrazone groups is 1. The van der Waals surface area contributed by atoms with E-state index >= 15 is 0 Å². The molecule has 0 atom stereocenters. The minimum atomic E-state index is -1.15. The Morgan fingerprint density at radius 1 is 1.28 bits per heavy atom. The molecule has 0 unspecified atom stereocenters. The van der Waals surface area contributed by atoms with E-state index in [0.29, 0.717) is 10.6 Å². The van der Waals surface area contributed by atoms with Crippen LogP contribution in [0.25, 0.3) is 0 Å². The van der Waals surface area contributed by atoms with Crippen molar-refractivity contribution in [2.45, 2.75) is 0 Å². The van der Waals surface area contributed by atoms with E-state index in [1.165, 1.54) is 6.21 Å². The normalized spacial score (nSPS) is 10.5. The van der Waals surface area contributed by atoms with Gasteiger partial charge in [-0.15, -0.1) is 0 Å². The largest absolute Gasteiger partial charge is 0.480 e. The molecule has 0 aromatic heterocycles. The summed E-state index contributed by atoms with van der Waals surface area (Å²) in [6, 6.07) is 6.74. The highest BCUT2D eigenvalue weighted by molar-refractivity contribution is 6.30. The molecule has 1 aromatic rings. The van der Waals surface area contributed by atoms with Crippen molar-refractivity contribution in [1.29, 1.82) is 0 Å². The van der Waals surface area contributed by atoms with Gasteiger partial charge in [-0.25, -0.2) is 0 Å². The van der Waals surface area contributed by atoms with Gasteiger partial charge < -0.3 is 10.2 Å². The van der Waals surface area contributed by atoms with Crippen molar-refractivity contribution in [2.75, 3.05) is 13.1 Å². The van der Waals surface area contributed by atoms with Gasteiger partial charge in [0.05, 0.1) is 6.21 Å². The quantitative estimate of drug-likeness (QED) is 0.598. The number of hydrogen-bond donors (Lipinski definition) is 2. The van der Waals surface area contributed by atoms with Gasteiger partial charge in [-0.05, 0) is 17.7 Å². The van der Waals surface area contributed by atoms with Crippen molar-refractivity contribution in [2.24, 2.45) is 5.10 Å². The zero-order valence-electron chi connectivity index (χ0n) is 9.28. The van der Waals surface area contributed by atoms with E-state index in [-0.39, 0.29) is 0 Å². The average Bonchev–Trinajstić information content (AvgIpc) is 2.24. The molecule has 1 rings (SSSR count). The number of nitrogens with zero attached hydrogens (tertiary/aromatic N) is 2. The first-order valence-electron chi connectivity index (χ1n) is 4.95. The second-order valence-corrected chi connectivity index (χ2v) is 3.85. The van der Waals surface area contributed by atoms with Crippen molar-refractivity contribution >= 4 is 29.8 Å². The van der Waals surface area contributed by atoms with Crippen LogP contribution in [-0.4, -0.2) is 46.5 Å². The molecule has 0 aliphatic rings. The zero-order chi connectivity index (χ0) is 13.5. The fourth-order valence-electron chi connectivity index (χ4n) is 1.19. The van der Waals surface area contributed by atoms with E-state index in [1.807, 2.05) is 0 Å². The third-order valence-electron chi connectivity index (χ3n) is 1.85. The first-order chi connectivity index (χ1) is 8.47. The van der Waals surface area contributed by atoms with Crippen LogP contribution in [0.2, 0.25) is 5.02 Å². The third kappa shape index (κ3) is 5.31. The summed E-state index contributed by atoms with van der Waals surface area (Å²) in [5.74, 6) is -2.31. The SMILES string of the molecule is O=C(O)CN(CC(=O)O)/N=C\c1cccc(Cl)c1. The highest BCUT2D eigenvalue weighted by atomic mass is 35.5. The molecule has 96 valence electrons. The summed E-state index contributed by atoms with van der Waals surface area (Å²) >= 11 is 5.77. The smallest absolute Gasteiger partial charge is 0.324 e. The number of carbonyl (C=O) groups is 2. The van der Waals surface area contributed by atoms with Crippen LogP contribution in [0.15, 0.2) is 29.4 Å². The Balaban J connectivity index is 2.75. The van der Waals surface area contributed by atoms with Crippen molar-refractivity contribution in [3.8, 4) is 0 Å². The molecule has 0 amide bonds. The number of halogens is 1. The molecule has 0 aliphatic carbocycles. The summed E-state index contributed by atoms with van der Waals surface area (Å²) in [5, 5.41) is 22.5. The van der Waals surface area contributed by atoms with E-state index in [0.717, 1.165) is 5.01 Å². The van der Waals surface area contributed by atoms with Gasteiger partial charge in [-0.3, -0.25) is 14.6 Å². The van der Waals surface area contributed by atoms with Gasteiger partial charge in [-0.1, -0.05) is 23.7 Å². The van der Waals surface area contributed by atoms with Crippen molar-refractivity contribution in [1.82, 2.24) is 5.01 Å². The first-order valence-corrected chi connectivity index (χ1v) is 5.33. The van der Waals surface area contributed by atoms with E-state index in [9.17, 15) is 9.59 Å². The Bertz CT molecular complexity index is 460. The van der Waals surface area contributed by atoms with Gasteiger partial charge in [0.1, 0.15) is 13.1 Å². The van der Waals surface area contributed by atoms with Crippen LogP contribution < -0.4 is 0 Å². The van der Waals surface area contributed by atoms with Gasteiger partial charge in [0, 0.05) is 5.02 Å². The van der Waals surface area contributed by atoms with E-state index < -0.39 is 25.0 Å². The average molecular weight is 271 g/mol. The molecule has 0 heterocycles. The second-order valence-electron chi connectivity index (χ2n) is 3.41. The number of hydrogen-bond acceptors (Lipinski definition) is 4. The zero-order valence-corrected chi connectivity index (χ0v) is 10.0. The maximum atomic E-state index is 10.5. The van der Waals surface area contributed by atoms with Crippen LogP contribution in [0, 0.1) is 0 Å². The molecule has 7 heteroatoms. The third-order valence-corrected chi connectivity index (χ3v) is 2.09. The summed E-state index contributed by atoms with van der Waals surface area (Å²) < 4.78 is 0. The summed E-state index contributed by atoms with van der Waals surface area (Å²) in [5.41, 5.74) is 0.656. The highest BCUT2D eigenvalue weighted by Gasteiger charge is 2.10. The maximum absolute atomic E-state index is 10.5. The Labute approximate surface area is 108 Å². The van der Waals surface area contributed by atoms with Gasteiger partial charge in [-0.2, -0.15) is 5.10 Å². The fraction of sp³-hybridized carbons (Fsp3) is 0.182. The number of benzene rings is 1. The van der Waals surface area contributed by atoms with E-state index in [2.05, 4.69) is 5.10 Å². The predicted octanol–water partition coefficient (Wildman–Crippen LogP) is 1.15. The Hall–Kier alpha value is -2.08.